The maximum Gasteiger partial charge on any atom is 0.417 e. The lowest BCUT2D eigenvalue weighted by molar-refractivity contribution is -0.137. The van der Waals surface area contributed by atoms with Crippen molar-refractivity contribution >= 4 is 32.2 Å². The molecule has 16 heteroatoms. The molecule has 6 heterocycles. The van der Waals surface area contributed by atoms with E-state index in [9.17, 15) is 26.0 Å². The number of nitrogens with one attached hydrogen (secondary N) is 1. The SMILES string of the molecule is Cc1c(F)c(N)cc(-c2nc3c4c(nc(OCC5CCCCS5(=O)=O)nc4c2F)N2C[C@H]4CC[C@H](N4)[C@H]2[C@H](C)O3)c1C(F)(F)F. The highest BCUT2D eigenvalue weighted by atomic mass is 32.2. The summed E-state index contributed by atoms with van der Waals surface area (Å²) in [6, 6.07) is 0.164. The van der Waals surface area contributed by atoms with Gasteiger partial charge in [-0.25, -0.2) is 22.2 Å². The third kappa shape index (κ3) is 4.91. The molecule has 5 atom stereocenters. The van der Waals surface area contributed by atoms with Crippen LogP contribution in [0.15, 0.2) is 6.07 Å². The fourth-order valence-corrected chi connectivity index (χ4v) is 9.02. The molecule has 1 unspecified atom stereocenters. The molecule has 0 spiro atoms. The Kier molecular flexibility index (Phi) is 7.04. The average molecular weight is 655 g/mol. The first kappa shape index (κ1) is 30.1. The number of piperazine rings is 1. The minimum absolute atomic E-state index is 0.0180. The Morgan fingerprint density at radius 3 is 2.64 bits per heavy atom. The first-order chi connectivity index (χ1) is 21.2. The number of nitrogens with zero attached hydrogens (tertiary/aromatic N) is 4. The number of aromatic nitrogens is 3. The Labute approximate surface area is 255 Å². The van der Waals surface area contributed by atoms with Crippen LogP contribution in [0.25, 0.3) is 22.2 Å². The zero-order valence-electron chi connectivity index (χ0n) is 24.4. The van der Waals surface area contributed by atoms with Gasteiger partial charge in [0.15, 0.2) is 15.7 Å². The van der Waals surface area contributed by atoms with Crippen LogP contribution in [0.2, 0.25) is 0 Å². The zero-order chi connectivity index (χ0) is 32.0. The third-order valence-corrected chi connectivity index (χ3v) is 11.6. The molecule has 0 saturated carbocycles. The second-order valence-electron chi connectivity index (χ2n) is 12.3. The van der Waals surface area contributed by atoms with E-state index in [-0.39, 0.29) is 53.6 Å². The Morgan fingerprint density at radius 2 is 1.91 bits per heavy atom. The van der Waals surface area contributed by atoms with E-state index in [4.69, 9.17) is 15.2 Å². The van der Waals surface area contributed by atoms with Gasteiger partial charge < -0.3 is 25.4 Å². The second kappa shape index (κ2) is 10.5. The highest BCUT2D eigenvalue weighted by Gasteiger charge is 2.47. The van der Waals surface area contributed by atoms with E-state index in [2.05, 4.69) is 20.3 Å². The molecule has 7 rings (SSSR count). The number of hydrogen-bond donors (Lipinski definition) is 2. The van der Waals surface area contributed by atoms with Gasteiger partial charge in [-0.15, -0.1) is 0 Å². The molecule has 0 amide bonds. The number of sulfone groups is 1. The van der Waals surface area contributed by atoms with Crippen molar-refractivity contribution in [3.63, 3.8) is 0 Å². The molecule has 242 valence electrons. The fourth-order valence-electron chi connectivity index (χ4n) is 7.28. The molecule has 4 aliphatic heterocycles. The molecule has 0 radical (unpaired) electrons. The van der Waals surface area contributed by atoms with Crippen LogP contribution in [0.4, 0.5) is 33.5 Å². The number of benzene rings is 1. The molecule has 3 N–H and O–H groups in total. The van der Waals surface area contributed by atoms with Gasteiger partial charge in [0.05, 0.1) is 28.3 Å². The summed E-state index contributed by atoms with van der Waals surface area (Å²) >= 11 is 0. The van der Waals surface area contributed by atoms with E-state index in [0.29, 0.717) is 31.9 Å². The molecule has 4 aliphatic rings. The Bertz CT molecular complexity index is 1820. The van der Waals surface area contributed by atoms with Crippen LogP contribution >= 0.6 is 0 Å². The van der Waals surface area contributed by atoms with Crippen molar-refractivity contribution in [3.8, 4) is 23.1 Å². The van der Waals surface area contributed by atoms with Crippen molar-refractivity contribution < 1.29 is 39.8 Å². The number of ether oxygens (including phenoxy) is 2. The number of hydrogen-bond acceptors (Lipinski definition) is 10. The van der Waals surface area contributed by atoms with Crippen molar-refractivity contribution in [2.75, 3.05) is 29.5 Å². The van der Waals surface area contributed by atoms with E-state index in [1.54, 1.807) is 6.92 Å². The lowest BCUT2D eigenvalue weighted by Crippen LogP contribution is -2.62. The number of halogens is 5. The van der Waals surface area contributed by atoms with E-state index in [0.717, 1.165) is 19.8 Å². The van der Waals surface area contributed by atoms with Crippen LogP contribution in [-0.2, 0) is 16.0 Å². The highest BCUT2D eigenvalue weighted by molar-refractivity contribution is 7.92. The summed E-state index contributed by atoms with van der Waals surface area (Å²) in [4.78, 5) is 15.1. The number of alkyl halides is 3. The van der Waals surface area contributed by atoms with Crippen LogP contribution in [-0.4, -0.2) is 71.8 Å². The molecular weight excluding hydrogens is 623 g/mol. The number of pyridine rings is 1. The highest BCUT2D eigenvalue weighted by Crippen LogP contribution is 2.47. The first-order valence-corrected chi connectivity index (χ1v) is 16.6. The van der Waals surface area contributed by atoms with Gasteiger partial charge in [-0.1, -0.05) is 6.42 Å². The predicted octanol–water partition coefficient (Wildman–Crippen LogP) is 4.32. The molecule has 10 nitrogen and oxygen atoms in total. The summed E-state index contributed by atoms with van der Waals surface area (Å²) in [7, 11) is -3.42. The fraction of sp³-hybridized carbons (Fsp3) is 0.552. The van der Waals surface area contributed by atoms with E-state index in [1.807, 2.05) is 4.90 Å². The smallest absolute Gasteiger partial charge is 0.417 e. The molecule has 3 fully saturated rings. The molecular formula is C29H31F5N6O4S. The summed E-state index contributed by atoms with van der Waals surface area (Å²) in [5.41, 5.74) is 0.899. The van der Waals surface area contributed by atoms with Gasteiger partial charge in [-0.3, -0.25) is 0 Å². The summed E-state index contributed by atoms with van der Waals surface area (Å²) in [6.45, 7) is 2.91. The number of fused-ring (bicyclic) bond motifs is 5. The quantitative estimate of drug-likeness (QED) is 0.310. The van der Waals surface area contributed by atoms with Crippen molar-refractivity contribution in [1.29, 1.82) is 0 Å². The van der Waals surface area contributed by atoms with Gasteiger partial charge >= 0.3 is 12.2 Å². The normalized spacial score (nSPS) is 27.2. The second-order valence-corrected chi connectivity index (χ2v) is 14.7. The summed E-state index contributed by atoms with van der Waals surface area (Å²) in [6.07, 6.45) is -2.28. The topological polar surface area (TPSA) is 133 Å². The number of nitrogens with two attached hydrogens (primary N) is 1. The summed E-state index contributed by atoms with van der Waals surface area (Å²) in [5, 5.41) is 2.80. The van der Waals surface area contributed by atoms with Crippen LogP contribution in [0.3, 0.4) is 0 Å². The standard InChI is InChI=1S/C29H31F5N6O4S/c1-12-20(29(32,33)34)16(9-17(35)21(12)30)23-22(31)24-19-26(39-28(38-24)43-11-15-5-3-4-8-45(15,41)42)40-10-14-6-7-18(36-14)25(40)13(2)44-27(19)37-23/h9,13-15,18,25,36H,3-8,10-11,35H2,1-2H3/t13-,14+,15?,18-,25+/m0/s1. The average Bonchev–Trinajstić information content (AvgIpc) is 3.29. The Hall–Kier alpha value is -3.53. The van der Waals surface area contributed by atoms with Gasteiger partial charge in [-0.2, -0.15) is 23.1 Å². The molecule has 3 saturated heterocycles. The Morgan fingerprint density at radius 1 is 1.13 bits per heavy atom. The van der Waals surface area contributed by atoms with E-state index >= 15 is 4.39 Å². The van der Waals surface area contributed by atoms with Crippen molar-refractivity contribution in [1.82, 2.24) is 20.3 Å². The maximum atomic E-state index is 16.6. The molecule has 2 aromatic heterocycles. The zero-order valence-corrected chi connectivity index (χ0v) is 25.2. The minimum atomic E-state index is -5.08. The van der Waals surface area contributed by atoms with Crippen molar-refractivity contribution in [2.45, 2.75) is 81.6 Å². The summed E-state index contributed by atoms with van der Waals surface area (Å²) < 4.78 is 112. The summed E-state index contributed by atoms with van der Waals surface area (Å²) in [5.74, 6) is -2.44. The number of nitrogen functional groups attached to an aromatic ring is 1. The Balaban J connectivity index is 1.45. The van der Waals surface area contributed by atoms with Crippen molar-refractivity contribution in [3.05, 3.63) is 28.8 Å². The first-order valence-electron chi connectivity index (χ1n) is 14.9. The van der Waals surface area contributed by atoms with Gasteiger partial charge in [0.2, 0.25) is 5.88 Å². The van der Waals surface area contributed by atoms with E-state index < -0.39 is 72.6 Å². The lowest BCUT2D eigenvalue weighted by Gasteiger charge is -2.42. The molecule has 1 aromatic carbocycles. The predicted molar refractivity (Wildman–Crippen MR) is 155 cm³/mol. The van der Waals surface area contributed by atoms with Crippen LogP contribution in [0.1, 0.15) is 50.2 Å². The van der Waals surface area contributed by atoms with Gasteiger partial charge in [0, 0.05) is 24.2 Å². The monoisotopic (exact) mass is 654 g/mol. The van der Waals surface area contributed by atoms with Crippen LogP contribution in [0.5, 0.6) is 11.9 Å². The largest absolute Gasteiger partial charge is 0.472 e. The van der Waals surface area contributed by atoms with Gasteiger partial charge in [-0.05, 0) is 51.2 Å². The van der Waals surface area contributed by atoms with Gasteiger partial charge in [0.25, 0.3) is 0 Å². The third-order valence-electron chi connectivity index (χ3n) is 9.40. The minimum Gasteiger partial charge on any atom is -0.472 e. The lowest BCUT2D eigenvalue weighted by atomic mass is 9.96. The molecule has 45 heavy (non-hydrogen) atoms. The molecule has 0 aliphatic carbocycles. The van der Waals surface area contributed by atoms with Crippen molar-refractivity contribution in [2.24, 2.45) is 0 Å². The van der Waals surface area contributed by atoms with Gasteiger partial charge in [0.1, 0.15) is 40.9 Å². The number of anilines is 2. The number of rotatable bonds is 4. The molecule has 3 aromatic rings. The van der Waals surface area contributed by atoms with Crippen LogP contribution in [0, 0.1) is 18.6 Å². The molecule has 2 bridgehead atoms. The maximum absolute atomic E-state index is 16.6. The van der Waals surface area contributed by atoms with E-state index in [1.165, 1.54) is 0 Å². The van der Waals surface area contributed by atoms with Crippen LogP contribution < -0.4 is 25.4 Å².